The smallest absolute Gasteiger partial charge is 0.154 e. The van der Waals surface area contributed by atoms with E-state index in [1.54, 1.807) is 0 Å². The number of rotatable bonds is 6. The van der Waals surface area contributed by atoms with E-state index in [0.29, 0.717) is 24.5 Å². The van der Waals surface area contributed by atoms with E-state index in [0.717, 1.165) is 28.4 Å². The van der Waals surface area contributed by atoms with Crippen molar-refractivity contribution in [2.75, 3.05) is 13.2 Å². The van der Waals surface area contributed by atoms with Crippen molar-refractivity contribution < 1.29 is 14.3 Å². The Labute approximate surface area is 141 Å². The first kappa shape index (κ1) is 16.1. The summed E-state index contributed by atoms with van der Waals surface area (Å²) in [6, 6.07) is 17.6. The fraction of sp³-hybridized carbons (Fsp3) is 0.190. The lowest BCUT2D eigenvalue weighted by molar-refractivity contribution is 0.112. The quantitative estimate of drug-likeness (QED) is 0.487. The Hall–Kier alpha value is -2.81. The molecule has 0 N–H and O–H groups in total. The Morgan fingerprint density at radius 1 is 0.833 bits per heavy atom. The zero-order chi connectivity index (χ0) is 16.9. The van der Waals surface area contributed by atoms with Crippen LogP contribution in [0.5, 0.6) is 11.5 Å². The van der Waals surface area contributed by atoms with Gasteiger partial charge in [-0.25, -0.2) is 0 Å². The van der Waals surface area contributed by atoms with Crippen molar-refractivity contribution in [1.29, 1.82) is 0 Å². The van der Waals surface area contributed by atoms with E-state index in [9.17, 15) is 4.79 Å². The second-order valence-electron chi connectivity index (χ2n) is 5.71. The van der Waals surface area contributed by atoms with Gasteiger partial charge in [-0.15, -0.1) is 0 Å². The van der Waals surface area contributed by atoms with E-state index in [1.165, 1.54) is 5.56 Å². The van der Waals surface area contributed by atoms with Crippen molar-refractivity contribution in [3.63, 3.8) is 0 Å². The molecular formula is C21H20O3. The van der Waals surface area contributed by atoms with Crippen LogP contribution in [0, 0.1) is 13.8 Å². The SMILES string of the molecule is Cc1cccc(OCCOc2ccc3ccccc3c2C=O)c1C. The van der Waals surface area contributed by atoms with E-state index < -0.39 is 0 Å². The predicted octanol–water partition coefficient (Wildman–Crippen LogP) is 4.73. The van der Waals surface area contributed by atoms with Crippen LogP contribution in [0.1, 0.15) is 21.5 Å². The highest BCUT2D eigenvalue weighted by Crippen LogP contribution is 2.26. The average molecular weight is 320 g/mol. The summed E-state index contributed by atoms with van der Waals surface area (Å²) in [6.07, 6.45) is 0.850. The summed E-state index contributed by atoms with van der Waals surface area (Å²) in [4.78, 5) is 11.5. The van der Waals surface area contributed by atoms with Gasteiger partial charge in [-0.1, -0.05) is 42.5 Å². The highest BCUT2D eigenvalue weighted by molar-refractivity contribution is 6.00. The molecule has 0 aliphatic heterocycles. The van der Waals surface area contributed by atoms with Crippen molar-refractivity contribution in [3.8, 4) is 11.5 Å². The Balaban J connectivity index is 1.68. The summed E-state index contributed by atoms with van der Waals surface area (Å²) >= 11 is 0. The lowest BCUT2D eigenvalue weighted by Crippen LogP contribution is -2.10. The van der Waals surface area contributed by atoms with Gasteiger partial charge in [0.25, 0.3) is 0 Å². The summed E-state index contributed by atoms with van der Waals surface area (Å²) < 4.78 is 11.6. The van der Waals surface area contributed by atoms with Gasteiger partial charge in [-0.05, 0) is 47.9 Å². The third-order valence-electron chi connectivity index (χ3n) is 4.20. The zero-order valence-electron chi connectivity index (χ0n) is 13.9. The van der Waals surface area contributed by atoms with Crippen LogP contribution in [0.4, 0.5) is 0 Å². The molecule has 0 unspecified atom stereocenters. The molecule has 3 aromatic carbocycles. The predicted molar refractivity (Wildman–Crippen MR) is 96.2 cm³/mol. The molecule has 0 aliphatic carbocycles. The molecule has 3 rings (SSSR count). The van der Waals surface area contributed by atoms with Gasteiger partial charge in [0.05, 0.1) is 5.56 Å². The number of hydrogen-bond donors (Lipinski definition) is 0. The lowest BCUT2D eigenvalue weighted by Gasteiger charge is -2.13. The zero-order valence-corrected chi connectivity index (χ0v) is 13.9. The van der Waals surface area contributed by atoms with Crippen LogP contribution in [0.25, 0.3) is 10.8 Å². The molecule has 0 fully saturated rings. The van der Waals surface area contributed by atoms with Crippen LogP contribution < -0.4 is 9.47 Å². The number of carbonyl (C=O) groups excluding carboxylic acids is 1. The lowest BCUT2D eigenvalue weighted by atomic mass is 10.0. The molecule has 0 atom stereocenters. The maximum atomic E-state index is 11.5. The molecule has 0 spiro atoms. The molecule has 0 bridgehead atoms. The normalized spacial score (nSPS) is 10.6. The Morgan fingerprint density at radius 3 is 2.38 bits per heavy atom. The van der Waals surface area contributed by atoms with Crippen molar-refractivity contribution >= 4 is 17.1 Å². The van der Waals surface area contributed by atoms with E-state index in [1.807, 2.05) is 55.5 Å². The molecule has 0 saturated heterocycles. The molecule has 3 heteroatoms. The molecule has 0 radical (unpaired) electrons. The van der Waals surface area contributed by atoms with Crippen LogP contribution in [-0.2, 0) is 0 Å². The van der Waals surface area contributed by atoms with E-state index in [-0.39, 0.29) is 0 Å². The van der Waals surface area contributed by atoms with Gasteiger partial charge in [-0.2, -0.15) is 0 Å². The van der Waals surface area contributed by atoms with Crippen LogP contribution in [0.3, 0.4) is 0 Å². The maximum Gasteiger partial charge on any atom is 0.154 e. The number of aldehydes is 1. The van der Waals surface area contributed by atoms with Crippen molar-refractivity contribution in [2.24, 2.45) is 0 Å². The van der Waals surface area contributed by atoms with Crippen molar-refractivity contribution in [1.82, 2.24) is 0 Å². The molecule has 3 aromatic rings. The van der Waals surface area contributed by atoms with Gasteiger partial charge < -0.3 is 9.47 Å². The first-order valence-electron chi connectivity index (χ1n) is 7.99. The second kappa shape index (κ2) is 7.18. The molecule has 3 nitrogen and oxygen atoms in total. The van der Waals surface area contributed by atoms with Crippen LogP contribution in [-0.4, -0.2) is 19.5 Å². The van der Waals surface area contributed by atoms with Gasteiger partial charge in [0, 0.05) is 0 Å². The largest absolute Gasteiger partial charge is 0.490 e. The van der Waals surface area contributed by atoms with Gasteiger partial charge in [0.1, 0.15) is 24.7 Å². The fourth-order valence-corrected chi connectivity index (χ4v) is 2.71. The number of fused-ring (bicyclic) bond motifs is 1. The first-order chi connectivity index (χ1) is 11.7. The number of carbonyl (C=O) groups is 1. The summed E-state index contributed by atoms with van der Waals surface area (Å²) in [7, 11) is 0. The van der Waals surface area contributed by atoms with Gasteiger partial charge in [0.2, 0.25) is 0 Å². The Morgan fingerprint density at radius 2 is 1.58 bits per heavy atom. The molecule has 0 aliphatic rings. The number of hydrogen-bond acceptors (Lipinski definition) is 3. The monoisotopic (exact) mass is 320 g/mol. The Bertz CT molecular complexity index is 868. The molecule has 0 aromatic heterocycles. The van der Waals surface area contributed by atoms with Gasteiger partial charge >= 0.3 is 0 Å². The number of aryl methyl sites for hydroxylation is 1. The summed E-state index contributed by atoms with van der Waals surface area (Å²) in [5.74, 6) is 1.46. The molecular weight excluding hydrogens is 300 g/mol. The van der Waals surface area contributed by atoms with Crippen LogP contribution >= 0.6 is 0 Å². The third kappa shape index (κ3) is 3.25. The summed E-state index contributed by atoms with van der Waals surface area (Å²) in [5.41, 5.74) is 2.92. The van der Waals surface area contributed by atoms with Crippen molar-refractivity contribution in [3.05, 3.63) is 71.3 Å². The van der Waals surface area contributed by atoms with Crippen LogP contribution in [0.2, 0.25) is 0 Å². The third-order valence-corrected chi connectivity index (χ3v) is 4.20. The highest BCUT2D eigenvalue weighted by Gasteiger charge is 2.08. The summed E-state index contributed by atoms with van der Waals surface area (Å²) in [6.45, 7) is 4.91. The molecule has 122 valence electrons. The van der Waals surface area contributed by atoms with Gasteiger partial charge in [-0.3, -0.25) is 4.79 Å². The second-order valence-corrected chi connectivity index (χ2v) is 5.71. The molecule has 0 heterocycles. The molecule has 0 saturated carbocycles. The molecule has 24 heavy (non-hydrogen) atoms. The highest BCUT2D eigenvalue weighted by atomic mass is 16.5. The minimum Gasteiger partial charge on any atom is -0.490 e. The topological polar surface area (TPSA) is 35.5 Å². The summed E-state index contributed by atoms with van der Waals surface area (Å²) in [5, 5.41) is 1.93. The van der Waals surface area contributed by atoms with E-state index >= 15 is 0 Å². The van der Waals surface area contributed by atoms with Crippen molar-refractivity contribution in [2.45, 2.75) is 13.8 Å². The molecule has 0 amide bonds. The average Bonchev–Trinajstić information content (AvgIpc) is 2.61. The fourth-order valence-electron chi connectivity index (χ4n) is 2.71. The van der Waals surface area contributed by atoms with Gasteiger partial charge in [0.15, 0.2) is 6.29 Å². The number of ether oxygens (including phenoxy) is 2. The maximum absolute atomic E-state index is 11.5. The minimum atomic E-state index is 0.382. The minimum absolute atomic E-state index is 0.382. The standard InChI is InChI=1S/C21H20O3/c1-15-6-5-9-20(16(15)2)23-12-13-24-21-11-10-17-7-3-4-8-18(17)19(21)14-22/h3-11,14H,12-13H2,1-2H3. The van der Waals surface area contributed by atoms with E-state index in [4.69, 9.17) is 9.47 Å². The first-order valence-corrected chi connectivity index (χ1v) is 7.99. The number of benzene rings is 3. The van der Waals surface area contributed by atoms with Crippen LogP contribution in [0.15, 0.2) is 54.6 Å². The van der Waals surface area contributed by atoms with E-state index in [2.05, 4.69) is 13.0 Å². The Kier molecular flexibility index (Phi) is 4.80.